The molecular formula is C22H25BrN2O3. The summed E-state index contributed by atoms with van der Waals surface area (Å²) < 4.78 is 0.517. The van der Waals surface area contributed by atoms with Crippen LogP contribution in [0.1, 0.15) is 34.3 Å². The number of phenolic OH excluding ortho intramolecular Hbond substituents is 1. The molecule has 1 saturated heterocycles. The van der Waals surface area contributed by atoms with Gasteiger partial charge in [-0.3, -0.25) is 9.59 Å². The fraction of sp³-hybridized carbons (Fsp3) is 0.364. The number of rotatable bonds is 5. The molecule has 0 bridgehead atoms. The number of nitrogens with zero attached hydrogens (tertiary/aromatic N) is 2. The molecule has 1 N–H and O–H groups in total. The molecule has 5 nitrogen and oxygen atoms in total. The Morgan fingerprint density at radius 2 is 1.68 bits per heavy atom. The number of benzene rings is 2. The molecule has 0 atom stereocenters. The van der Waals surface area contributed by atoms with Crippen LogP contribution in [0, 0.1) is 6.92 Å². The average Bonchev–Trinajstić information content (AvgIpc) is 2.71. The first kappa shape index (κ1) is 20.4. The van der Waals surface area contributed by atoms with Gasteiger partial charge >= 0.3 is 0 Å². The number of hydrogen-bond acceptors (Lipinski definition) is 3. The summed E-state index contributed by atoms with van der Waals surface area (Å²) in [5.74, 6) is -0.0859. The zero-order valence-electron chi connectivity index (χ0n) is 16.0. The molecule has 2 aromatic rings. The molecule has 1 aliphatic rings. The number of carbonyl (C=O) groups excluding carboxylic acids is 2. The summed E-state index contributed by atoms with van der Waals surface area (Å²) in [5, 5.41) is 10.2. The molecule has 0 unspecified atom stereocenters. The SMILES string of the molecule is Cc1cc(Br)c(O)c(C(=O)N2CCN(C(=O)CCCc3ccccc3)CC2)c1. The predicted octanol–water partition coefficient (Wildman–Crippen LogP) is 3.77. The van der Waals surface area contributed by atoms with E-state index < -0.39 is 0 Å². The second-order valence-electron chi connectivity index (χ2n) is 7.16. The van der Waals surface area contributed by atoms with Crippen molar-refractivity contribution in [3.8, 4) is 5.75 Å². The average molecular weight is 445 g/mol. The molecule has 2 aromatic carbocycles. The lowest BCUT2D eigenvalue weighted by Gasteiger charge is -2.35. The molecule has 0 aromatic heterocycles. The third-order valence-corrected chi connectivity index (χ3v) is 5.66. The number of hydrogen-bond donors (Lipinski definition) is 1. The molecule has 1 aliphatic heterocycles. The van der Waals surface area contributed by atoms with E-state index in [1.54, 1.807) is 17.0 Å². The second kappa shape index (κ2) is 9.24. The molecule has 2 amide bonds. The van der Waals surface area contributed by atoms with E-state index in [1.807, 2.05) is 30.0 Å². The van der Waals surface area contributed by atoms with Gasteiger partial charge in [0.05, 0.1) is 10.0 Å². The van der Waals surface area contributed by atoms with Gasteiger partial charge in [-0.15, -0.1) is 0 Å². The summed E-state index contributed by atoms with van der Waals surface area (Å²) in [5.41, 5.74) is 2.45. The zero-order valence-corrected chi connectivity index (χ0v) is 17.6. The maximum atomic E-state index is 12.8. The van der Waals surface area contributed by atoms with Crippen LogP contribution in [0.2, 0.25) is 0 Å². The van der Waals surface area contributed by atoms with Crippen molar-refractivity contribution in [3.05, 3.63) is 63.6 Å². The normalized spacial score (nSPS) is 14.2. The lowest BCUT2D eigenvalue weighted by atomic mass is 10.1. The van der Waals surface area contributed by atoms with Gasteiger partial charge in [-0.25, -0.2) is 0 Å². The van der Waals surface area contributed by atoms with Crippen LogP contribution < -0.4 is 0 Å². The Morgan fingerprint density at radius 3 is 2.36 bits per heavy atom. The van der Waals surface area contributed by atoms with Crippen LogP contribution >= 0.6 is 15.9 Å². The van der Waals surface area contributed by atoms with Gasteiger partial charge in [0.15, 0.2) is 0 Å². The Kier molecular flexibility index (Phi) is 6.73. The minimum absolute atomic E-state index is 0.0324. The van der Waals surface area contributed by atoms with Crippen molar-refractivity contribution >= 4 is 27.7 Å². The highest BCUT2D eigenvalue weighted by Gasteiger charge is 2.26. The number of halogens is 1. The highest BCUT2D eigenvalue weighted by molar-refractivity contribution is 9.10. The molecule has 0 radical (unpaired) electrons. The molecule has 28 heavy (non-hydrogen) atoms. The van der Waals surface area contributed by atoms with E-state index in [2.05, 4.69) is 28.1 Å². The maximum Gasteiger partial charge on any atom is 0.257 e. The number of piperazine rings is 1. The predicted molar refractivity (Wildman–Crippen MR) is 112 cm³/mol. The number of amides is 2. The lowest BCUT2D eigenvalue weighted by molar-refractivity contribution is -0.132. The summed E-state index contributed by atoms with van der Waals surface area (Å²) in [6.07, 6.45) is 2.24. The fourth-order valence-electron chi connectivity index (χ4n) is 3.47. The van der Waals surface area contributed by atoms with Crippen LogP contribution in [0.5, 0.6) is 5.75 Å². The first-order valence-electron chi connectivity index (χ1n) is 9.56. The minimum atomic E-state index is -0.196. The third kappa shape index (κ3) is 4.93. The Bertz CT molecular complexity index is 846. The summed E-state index contributed by atoms with van der Waals surface area (Å²) >= 11 is 3.29. The van der Waals surface area contributed by atoms with Gasteiger partial charge in [0.25, 0.3) is 5.91 Å². The number of aromatic hydroxyl groups is 1. The highest BCUT2D eigenvalue weighted by atomic mass is 79.9. The van der Waals surface area contributed by atoms with Gasteiger partial charge in [-0.1, -0.05) is 30.3 Å². The quantitative estimate of drug-likeness (QED) is 0.763. The molecule has 1 heterocycles. The van der Waals surface area contributed by atoms with Crippen LogP contribution in [0.4, 0.5) is 0 Å². The van der Waals surface area contributed by atoms with Crippen molar-refractivity contribution in [2.24, 2.45) is 0 Å². The Hall–Kier alpha value is -2.34. The molecule has 6 heteroatoms. The van der Waals surface area contributed by atoms with Gasteiger partial charge in [-0.2, -0.15) is 0 Å². The van der Waals surface area contributed by atoms with Crippen molar-refractivity contribution in [2.75, 3.05) is 26.2 Å². The van der Waals surface area contributed by atoms with Crippen LogP contribution in [0.25, 0.3) is 0 Å². The van der Waals surface area contributed by atoms with E-state index in [9.17, 15) is 14.7 Å². The van der Waals surface area contributed by atoms with Crippen molar-refractivity contribution in [1.82, 2.24) is 9.80 Å². The molecule has 0 spiro atoms. The van der Waals surface area contributed by atoms with Gasteiger partial charge in [-0.05, 0) is 59.0 Å². The third-order valence-electron chi connectivity index (χ3n) is 5.06. The van der Waals surface area contributed by atoms with Gasteiger partial charge in [0.1, 0.15) is 5.75 Å². The minimum Gasteiger partial charge on any atom is -0.506 e. The number of aryl methyl sites for hydroxylation is 2. The molecule has 148 valence electrons. The van der Waals surface area contributed by atoms with Crippen molar-refractivity contribution in [3.63, 3.8) is 0 Å². The van der Waals surface area contributed by atoms with E-state index >= 15 is 0 Å². The Balaban J connectivity index is 1.50. The highest BCUT2D eigenvalue weighted by Crippen LogP contribution is 2.30. The van der Waals surface area contributed by atoms with E-state index in [0.29, 0.717) is 42.6 Å². The fourth-order valence-corrected chi connectivity index (χ4v) is 4.05. The number of carbonyl (C=O) groups is 2. The maximum absolute atomic E-state index is 12.8. The second-order valence-corrected chi connectivity index (χ2v) is 8.01. The largest absolute Gasteiger partial charge is 0.506 e. The molecule has 0 saturated carbocycles. The first-order valence-corrected chi connectivity index (χ1v) is 10.3. The van der Waals surface area contributed by atoms with E-state index in [0.717, 1.165) is 18.4 Å². The molecular weight excluding hydrogens is 420 g/mol. The lowest BCUT2D eigenvalue weighted by Crippen LogP contribution is -2.50. The van der Waals surface area contributed by atoms with Crippen molar-refractivity contribution in [1.29, 1.82) is 0 Å². The Labute approximate surface area is 174 Å². The van der Waals surface area contributed by atoms with Crippen molar-refractivity contribution in [2.45, 2.75) is 26.2 Å². The zero-order chi connectivity index (χ0) is 20.1. The van der Waals surface area contributed by atoms with E-state index in [4.69, 9.17) is 0 Å². The van der Waals surface area contributed by atoms with Crippen LogP contribution in [-0.4, -0.2) is 52.9 Å². The summed E-state index contributed by atoms with van der Waals surface area (Å²) in [4.78, 5) is 28.8. The monoisotopic (exact) mass is 444 g/mol. The summed E-state index contributed by atoms with van der Waals surface area (Å²) in [7, 11) is 0. The van der Waals surface area contributed by atoms with Crippen LogP contribution in [-0.2, 0) is 11.2 Å². The van der Waals surface area contributed by atoms with E-state index in [-0.39, 0.29) is 17.6 Å². The standard InChI is InChI=1S/C22H25BrN2O3/c1-16-14-18(21(27)19(23)15-16)22(28)25-12-10-24(11-13-25)20(26)9-5-8-17-6-3-2-4-7-17/h2-4,6-7,14-15,27H,5,8-13H2,1H3. The van der Waals surface area contributed by atoms with Crippen LogP contribution in [0.15, 0.2) is 46.9 Å². The summed E-state index contributed by atoms with van der Waals surface area (Å²) in [6.45, 7) is 3.91. The summed E-state index contributed by atoms with van der Waals surface area (Å²) in [6, 6.07) is 13.6. The topological polar surface area (TPSA) is 60.9 Å². The van der Waals surface area contributed by atoms with E-state index in [1.165, 1.54) is 5.56 Å². The molecule has 3 rings (SSSR count). The van der Waals surface area contributed by atoms with Gasteiger partial charge < -0.3 is 14.9 Å². The van der Waals surface area contributed by atoms with Crippen LogP contribution in [0.3, 0.4) is 0 Å². The molecule has 0 aliphatic carbocycles. The molecule has 1 fully saturated rings. The Morgan fingerprint density at radius 1 is 1.04 bits per heavy atom. The van der Waals surface area contributed by atoms with Gasteiger partial charge in [0, 0.05) is 32.6 Å². The number of phenols is 1. The van der Waals surface area contributed by atoms with Gasteiger partial charge in [0.2, 0.25) is 5.91 Å². The smallest absolute Gasteiger partial charge is 0.257 e. The first-order chi connectivity index (χ1) is 13.5. The van der Waals surface area contributed by atoms with Crippen molar-refractivity contribution < 1.29 is 14.7 Å².